The van der Waals surface area contributed by atoms with E-state index in [9.17, 15) is 4.79 Å². The van der Waals surface area contributed by atoms with E-state index >= 15 is 0 Å². The molecular formula is C13H19NO2. The molecule has 0 aliphatic rings. The second-order valence-corrected chi connectivity index (χ2v) is 4.09. The Morgan fingerprint density at radius 1 is 1.44 bits per heavy atom. The molecule has 0 saturated heterocycles. The van der Waals surface area contributed by atoms with Crippen LogP contribution in [-0.2, 0) is 4.79 Å². The van der Waals surface area contributed by atoms with Gasteiger partial charge in [-0.1, -0.05) is 12.1 Å². The van der Waals surface area contributed by atoms with Crippen molar-refractivity contribution in [1.82, 2.24) is 0 Å². The topological polar surface area (TPSA) is 40.5 Å². The number of likely N-dealkylation sites (N-methyl/N-ethyl adjacent to an activating group) is 1. The summed E-state index contributed by atoms with van der Waals surface area (Å²) in [5.74, 6) is -0.789. The first kappa shape index (κ1) is 12.6. The van der Waals surface area contributed by atoms with Crippen molar-refractivity contribution in [1.29, 1.82) is 0 Å². The molecule has 1 rings (SSSR count). The van der Waals surface area contributed by atoms with Crippen LogP contribution in [0.15, 0.2) is 18.2 Å². The number of hydrogen-bond acceptors (Lipinski definition) is 2. The summed E-state index contributed by atoms with van der Waals surface area (Å²) in [5.41, 5.74) is 3.27. The molecule has 0 aromatic heterocycles. The molecule has 1 atom stereocenters. The van der Waals surface area contributed by atoms with E-state index in [2.05, 4.69) is 0 Å². The Kier molecular flexibility index (Phi) is 3.93. The van der Waals surface area contributed by atoms with Gasteiger partial charge in [0.15, 0.2) is 0 Å². The summed E-state index contributed by atoms with van der Waals surface area (Å²) in [7, 11) is 0. The highest BCUT2D eigenvalue weighted by Gasteiger charge is 2.20. The average Bonchev–Trinajstić information content (AvgIpc) is 2.23. The number of aliphatic carboxylic acids is 1. The molecule has 3 nitrogen and oxygen atoms in total. The van der Waals surface area contributed by atoms with Gasteiger partial charge in [-0.25, -0.2) is 4.79 Å². The number of rotatable bonds is 4. The van der Waals surface area contributed by atoms with Crippen molar-refractivity contribution in [2.75, 3.05) is 11.4 Å². The van der Waals surface area contributed by atoms with Crippen LogP contribution in [0.4, 0.5) is 5.69 Å². The first-order chi connectivity index (χ1) is 7.47. The van der Waals surface area contributed by atoms with E-state index < -0.39 is 12.0 Å². The van der Waals surface area contributed by atoms with Gasteiger partial charge in [-0.2, -0.15) is 0 Å². The van der Waals surface area contributed by atoms with Crippen LogP contribution in [0.2, 0.25) is 0 Å². The predicted molar refractivity (Wildman–Crippen MR) is 66.0 cm³/mol. The second-order valence-electron chi connectivity index (χ2n) is 4.09. The minimum atomic E-state index is -0.789. The van der Waals surface area contributed by atoms with E-state index in [0.29, 0.717) is 6.54 Å². The summed E-state index contributed by atoms with van der Waals surface area (Å²) >= 11 is 0. The molecule has 88 valence electrons. The minimum Gasteiger partial charge on any atom is -0.480 e. The highest BCUT2D eigenvalue weighted by molar-refractivity contribution is 5.78. The Labute approximate surface area is 96.7 Å². The van der Waals surface area contributed by atoms with Gasteiger partial charge in [0.1, 0.15) is 6.04 Å². The molecule has 0 aliphatic carbocycles. The van der Waals surface area contributed by atoms with Crippen LogP contribution in [0.3, 0.4) is 0 Å². The Morgan fingerprint density at radius 3 is 2.56 bits per heavy atom. The van der Waals surface area contributed by atoms with Crippen LogP contribution < -0.4 is 4.90 Å². The summed E-state index contributed by atoms with van der Waals surface area (Å²) in [4.78, 5) is 12.9. The third-order valence-corrected chi connectivity index (χ3v) is 2.84. The normalized spacial score (nSPS) is 12.2. The maximum absolute atomic E-state index is 11.0. The zero-order valence-electron chi connectivity index (χ0n) is 10.3. The van der Waals surface area contributed by atoms with E-state index in [1.54, 1.807) is 6.92 Å². The van der Waals surface area contributed by atoms with Gasteiger partial charge in [0.05, 0.1) is 0 Å². The fourth-order valence-corrected chi connectivity index (χ4v) is 1.82. The Balaban J connectivity index is 3.12. The number of anilines is 1. The SMILES string of the molecule is CCN(c1cc(C)ccc1C)[C@@H](C)C(=O)O. The molecule has 1 N–H and O–H groups in total. The van der Waals surface area contributed by atoms with Gasteiger partial charge in [-0.3, -0.25) is 0 Å². The molecule has 0 amide bonds. The van der Waals surface area contributed by atoms with Crippen molar-refractivity contribution in [3.8, 4) is 0 Å². The first-order valence-electron chi connectivity index (χ1n) is 5.54. The van der Waals surface area contributed by atoms with E-state index in [1.807, 2.05) is 43.9 Å². The van der Waals surface area contributed by atoms with Crippen molar-refractivity contribution in [3.63, 3.8) is 0 Å². The van der Waals surface area contributed by atoms with Crippen molar-refractivity contribution in [2.24, 2.45) is 0 Å². The quantitative estimate of drug-likeness (QED) is 0.849. The van der Waals surface area contributed by atoms with E-state index in [1.165, 1.54) is 0 Å². The zero-order chi connectivity index (χ0) is 12.3. The van der Waals surface area contributed by atoms with Crippen molar-refractivity contribution < 1.29 is 9.90 Å². The second kappa shape index (κ2) is 5.01. The summed E-state index contributed by atoms with van der Waals surface area (Å²) in [6.45, 7) is 8.40. The molecule has 0 heterocycles. The maximum atomic E-state index is 11.0. The largest absolute Gasteiger partial charge is 0.480 e. The summed E-state index contributed by atoms with van der Waals surface area (Å²) in [6, 6.07) is 5.61. The lowest BCUT2D eigenvalue weighted by Gasteiger charge is -2.29. The highest BCUT2D eigenvalue weighted by Crippen LogP contribution is 2.23. The number of aryl methyl sites for hydroxylation is 2. The highest BCUT2D eigenvalue weighted by atomic mass is 16.4. The van der Waals surface area contributed by atoms with Gasteiger partial charge in [0, 0.05) is 12.2 Å². The number of carboxylic acid groups (broad SMARTS) is 1. The van der Waals surface area contributed by atoms with Crippen molar-refractivity contribution in [2.45, 2.75) is 33.7 Å². The molecule has 16 heavy (non-hydrogen) atoms. The number of hydrogen-bond donors (Lipinski definition) is 1. The van der Waals surface area contributed by atoms with E-state index in [4.69, 9.17) is 5.11 Å². The number of carbonyl (C=O) groups is 1. The number of nitrogens with zero attached hydrogens (tertiary/aromatic N) is 1. The fraction of sp³-hybridized carbons (Fsp3) is 0.462. The zero-order valence-corrected chi connectivity index (χ0v) is 10.3. The molecule has 0 fully saturated rings. The van der Waals surface area contributed by atoms with Gasteiger partial charge in [-0.05, 0) is 44.9 Å². The van der Waals surface area contributed by atoms with Crippen molar-refractivity contribution >= 4 is 11.7 Å². The van der Waals surface area contributed by atoms with Crippen LogP contribution >= 0.6 is 0 Å². The third kappa shape index (κ3) is 2.54. The maximum Gasteiger partial charge on any atom is 0.326 e. The average molecular weight is 221 g/mol. The van der Waals surface area contributed by atoms with Gasteiger partial charge >= 0.3 is 5.97 Å². The third-order valence-electron chi connectivity index (χ3n) is 2.84. The smallest absolute Gasteiger partial charge is 0.326 e. The van der Waals surface area contributed by atoms with Crippen molar-refractivity contribution in [3.05, 3.63) is 29.3 Å². The standard InChI is InChI=1S/C13H19NO2/c1-5-14(11(4)13(15)16)12-8-9(2)6-7-10(12)3/h6-8,11H,5H2,1-4H3,(H,15,16)/t11-/m0/s1. The molecule has 0 saturated carbocycles. The molecule has 1 aromatic carbocycles. The summed E-state index contributed by atoms with van der Waals surface area (Å²) < 4.78 is 0. The molecule has 0 spiro atoms. The Bertz CT molecular complexity index is 388. The molecule has 0 radical (unpaired) electrons. The predicted octanol–water partition coefficient (Wildman–Crippen LogP) is 2.60. The summed E-state index contributed by atoms with van der Waals surface area (Å²) in [6.07, 6.45) is 0. The molecule has 0 aliphatic heterocycles. The van der Waals surface area contributed by atoms with Gasteiger partial charge < -0.3 is 10.0 Å². The van der Waals surface area contributed by atoms with Crippen LogP contribution in [0.5, 0.6) is 0 Å². The lowest BCUT2D eigenvalue weighted by atomic mass is 10.1. The number of carboxylic acids is 1. The Morgan fingerprint density at radius 2 is 2.06 bits per heavy atom. The molecule has 0 bridgehead atoms. The number of benzene rings is 1. The molecule has 3 heteroatoms. The minimum absolute atomic E-state index is 0.495. The summed E-state index contributed by atoms with van der Waals surface area (Å²) in [5, 5.41) is 9.06. The molecule has 1 aromatic rings. The van der Waals surface area contributed by atoms with Crippen LogP contribution in [0.25, 0.3) is 0 Å². The van der Waals surface area contributed by atoms with Gasteiger partial charge in [0.2, 0.25) is 0 Å². The van der Waals surface area contributed by atoms with Gasteiger partial charge in [-0.15, -0.1) is 0 Å². The fourth-order valence-electron chi connectivity index (χ4n) is 1.82. The molecular weight excluding hydrogens is 202 g/mol. The van der Waals surface area contributed by atoms with E-state index in [-0.39, 0.29) is 0 Å². The van der Waals surface area contributed by atoms with E-state index in [0.717, 1.165) is 16.8 Å². The van der Waals surface area contributed by atoms with Crippen LogP contribution in [0, 0.1) is 13.8 Å². The Hall–Kier alpha value is -1.51. The molecule has 0 unspecified atom stereocenters. The van der Waals surface area contributed by atoms with Gasteiger partial charge in [0.25, 0.3) is 0 Å². The monoisotopic (exact) mass is 221 g/mol. The lowest BCUT2D eigenvalue weighted by molar-refractivity contribution is -0.138. The van der Waals surface area contributed by atoms with Crippen LogP contribution in [-0.4, -0.2) is 23.7 Å². The van der Waals surface area contributed by atoms with Crippen LogP contribution in [0.1, 0.15) is 25.0 Å². The lowest BCUT2D eigenvalue weighted by Crippen LogP contribution is -2.39. The first-order valence-corrected chi connectivity index (χ1v) is 5.54.